The molecule has 0 spiro atoms. The number of benzene rings is 1. The lowest BCUT2D eigenvalue weighted by Crippen LogP contribution is -2.47. The minimum Gasteiger partial charge on any atom is -0.490 e. The molecule has 2 N–H and O–H groups in total. The van der Waals surface area contributed by atoms with Gasteiger partial charge in [-0.15, -0.1) is 0 Å². The van der Waals surface area contributed by atoms with Crippen LogP contribution in [0.2, 0.25) is 0 Å². The highest BCUT2D eigenvalue weighted by Gasteiger charge is 2.44. The fraction of sp³-hybridized carbons (Fsp3) is 0.231. The fourth-order valence-electron chi connectivity index (χ4n) is 1.82. The minimum absolute atomic E-state index is 0.633. The largest absolute Gasteiger partial charge is 0.490 e. The van der Waals surface area contributed by atoms with E-state index in [1.54, 1.807) is 0 Å². The molecule has 3 nitrogen and oxygen atoms in total. The molecule has 0 saturated heterocycles. The predicted octanol–water partition coefficient (Wildman–Crippen LogP) is 1.55. The Morgan fingerprint density at radius 2 is 2.00 bits per heavy atom. The average Bonchev–Trinajstić information content (AvgIpc) is 2.34. The quantitative estimate of drug-likeness (QED) is 0.740. The van der Waals surface area contributed by atoms with E-state index in [4.69, 9.17) is 4.74 Å². The molecule has 0 aliphatic carbocycles. The predicted molar refractivity (Wildman–Crippen MR) is 60.6 cm³/mol. The average molecular weight is 218 g/mol. The van der Waals surface area contributed by atoms with Crippen LogP contribution in [0.5, 0.6) is 0 Å². The van der Waals surface area contributed by atoms with Gasteiger partial charge in [0.2, 0.25) is 0 Å². The monoisotopic (exact) mass is 218 g/mol. The van der Waals surface area contributed by atoms with Crippen LogP contribution >= 0.6 is 0 Å². The number of hydrogen-bond acceptors (Lipinski definition) is 3. The Labute approximate surface area is 94.3 Å². The molecular weight excluding hydrogens is 204 g/mol. The van der Waals surface area contributed by atoms with Gasteiger partial charge in [-0.25, -0.2) is 0 Å². The number of rotatable bonds is 2. The van der Waals surface area contributed by atoms with Crippen molar-refractivity contribution < 1.29 is 14.9 Å². The van der Waals surface area contributed by atoms with Gasteiger partial charge >= 0.3 is 0 Å². The SMILES string of the molecule is C=C[C@]1(O)[C@@H](O)C=CO[C@H]1c1ccccc1. The lowest BCUT2D eigenvalue weighted by molar-refractivity contribution is -0.118. The van der Waals surface area contributed by atoms with Crippen molar-refractivity contribution in [2.24, 2.45) is 0 Å². The summed E-state index contributed by atoms with van der Waals surface area (Å²) in [7, 11) is 0. The Bertz CT molecular complexity index is 399. The molecule has 84 valence electrons. The van der Waals surface area contributed by atoms with Gasteiger partial charge in [-0.2, -0.15) is 0 Å². The molecule has 3 heteroatoms. The molecule has 1 aromatic rings. The molecule has 0 fully saturated rings. The third kappa shape index (κ3) is 1.64. The first kappa shape index (κ1) is 10.9. The third-order valence-corrected chi connectivity index (χ3v) is 2.80. The third-order valence-electron chi connectivity index (χ3n) is 2.80. The second-order valence-electron chi connectivity index (χ2n) is 3.79. The Kier molecular flexibility index (Phi) is 2.81. The van der Waals surface area contributed by atoms with E-state index in [9.17, 15) is 10.2 Å². The maximum absolute atomic E-state index is 10.3. The highest BCUT2D eigenvalue weighted by atomic mass is 16.5. The number of aliphatic hydroxyl groups excluding tert-OH is 1. The van der Waals surface area contributed by atoms with Gasteiger partial charge in [0.05, 0.1) is 6.26 Å². The first-order chi connectivity index (χ1) is 7.68. The summed E-state index contributed by atoms with van der Waals surface area (Å²) >= 11 is 0. The molecule has 0 unspecified atom stereocenters. The van der Waals surface area contributed by atoms with Gasteiger partial charge in [0.15, 0.2) is 11.7 Å². The topological polar surface area (TPSA) is 49.7 Å². The van der Waals surface area contributed by atoms with Gasteiger partial charge in [-0.1, -0.05) is 43.0 Å². The van der Waals surface area contributed by atoms with E-state index in [1.807, 2.05) is 30.3 Å². The molecule has 1 aliphatic heterocycles. The van der Waals surface area contributed by atoms with E-state index in [2.05, 4.69) is 6.58 Å². The Morgan fingerprint density at radius 1 is 1.31 bits per heavy atom. The van der Waals surface area contributed by atoms with Crippen molar-refractivity contribution in [2.75, 3.05) is 0 Å². The first-order valence-corrected chi connectivity index (χ1v) is 5.09. The lowest BCUT2D eigenvalue weighted by Gasteiger charge is -2.38. The van der Waals surface area contributed by atoms with Crippen LogP contribution in [0.25, 0.3) is 0 Å². The normalized spacial score (nSPS) is 33.1. The van der Waals surface area contributed by atoms with E-state index in [-0.39, 0.29) is 0 Å². The summed E-state index contributed by atoms with van der Waals surface area (Å²) in [4.78, 5) is 0. The number of ether oxygens (including phenoxy) is 1. The minimum atomic E-state index is -1.49. The zero-order chi connectivity index (χ0) is 11.6. The van der Waals surface area contributed by atoms with Crippen molar-refractivity contribution in [1.29, 1.82) is 0 Å². The van der Waals surface area contributed by atoms with Crippen LogP contribution in [-0.2, 0) is 4.74 Å². The summed E-state index contributed by atoms with van der Waals surface area (Å²) in [5.41, 5.74) is -0.691. The maximum atomic E-state index is 10.3. The van der Waals surface area contributed by atoms with Crippen LogP contribution in [0.1, 0.15) is 11.7 Å². The van der Waals surface area contributed by atoms with E-state index in [1.165, 1.54) is 18.4 Å². The molecule has 3 atom stereocenters. The molecule has 2 rings (SSSR count). The highest BCUT2D eigenvalue weighted by Crippen LogP contribution is 2.36. The Morgan fingerprint density at radius 3 is 2.62 bits per heavy atom. The summed E-state index contributed by atoms with van der Waals surface area (Å²) in [6, 6.07) is 9.27. The summed E-state index contributed by atoms with van der Waals surface area (Å²) in [6.07, 6.45) is 2.48. The van der Waals surface area contributed by atoms with E-state index in [0.29, 0.717) is 0 Å². The van der Waals surface area contributed by atoms with Gasteiger partial charge in [0.1, 0.15) is 6.10 Å². The number of aliphatic hydroxyl groups is 2. The summed E-state index contributed by atoms with van der Waals surface area (Å²) in [5, 5.41) is 20.1. The van der Waals surface area contributed by atoms with Crippen molar-refractivity contribution in [2.45, 2.75) is 17.8 Å². The second kappa shape index (κ2) is 4.12. The van der Waals surface area contributed by atoms with Gasteiger partial charge in [-0.3, -0.25) is 0 Å². The molecule has 16 heavy (non-hydrogen) atoms. The van der Waals surface area contributed by atoms with Crippen molar-refractivity contribution in [1.82, 2.24) is 0 Å². The van der Waals surface area contributed by atoms with Gasteiger partial charge in [-0.05, 0) is 11.6 Å². The summed E-state index contributed by atoms with van der Waals surface area (Å²) in [6.45, 7) is 3.56. The molecule has 0 bridgehead atoms. The van der Waals surface area contributed by atoms with Crippen LogP contribution < -0.4 is 0 Å². The van der Waals surface area contributed by atoms with Crippen LogP contribution in [-0.4, -0.2) is 21.9 Å². The molecule has 1 aliphatic rings. The van der Waals surface area contributed by atoms with E-state index < -0.39 is 17.8 Å². The van der Waals surface area contributed by atoms with Crippen LogP contribution in [0.4, 0.5) is 0 Å². The summed E-state index contributed by atoms with van der Waals surface area (Å²) < 4.78 is 5.38. The maximum Gasteiger partial charge on any atom is 0.158 e. The molecule has 1 heterocycles. The van der Waals surface area contributed by atoms with Crippen LogP contribution in [0.3, 0.4) is 0 Å². The Hall–Kier alpha value is -1.58. The van der Waals surface area contributed by atoms with Crippen molar-refractivity contribution in [3.8, 4) is 0 Å². The summed E-state index contributed by atoms with van der Waals surface area (Å²) in [5.74, 6) is 0. The van der Waals surface area contributed by atoms with Gasteiger partial charge in [0.25, 0.3) is 0 Å². The van der Waals surface area contributed by atoms with E-state index >= 15 is 0 Å². The number of hydrogen-bond donors (Lipinski definition) is 2. The molecule has 0 radical (unpaired) electrons. The molecule has 0 saturated carbocycles. The second-order valence-corrected chi connectivity index (χ2v) is 3.79. The van der Waals surface area contributed by atoms with Crippen molar-refractivity contribution >= 4 is 0 Å². The molecule has 0 aromatic heterocycles. The Balaban J connectivity index is 2.41. The smallest absolute Gasteiger partial charge is 0.158 e. The zero-order valence-electron chi connectivity index (χ0n) is 8.78. The molecule has 1 aromatic carbocycles. The lowest BCUT2D eigenvalue weighted by atomic mass is 9.84. The van der Waals surface area contributed by atoms with Crippen molar-refractivity contribution in [3.63, 3.8) is 0 Å². The molecule has 0 amide bonds. The van der Waals surface area contributed by atoms with Gasteiger partial charge in [0, 0.05) is 0 Å². The molecular formula is C13H14O3. The van der Waals surface area contributed by atoms with Gasteiger partial charge < -0.3 is 14.9 Å². The van der Waals surface area contributed by atoms with Crippen LogP contribution in [0.15, 0.2) is 55.3 Å². The van der Waals surface area contributed by atoms with Crippen LogP contribution in [0, 0.1) is 0 Å². The standard InChI is InChI=1S/C13H14O3/c1-2-13(15)11(14)8-9-16-12(13)10-6-4-3-5-7-10/h2-9,11-12,14-15H,1H2/t11-,12-,13-/m0/s1. The van der Waals surface area contributed by atoms with E-state index in [0.717, 1.165) is 5.56 Å². The fourth-order valence-corrected chi connectivity index (χ4v) is 1.82. The first-order valence-electron chi connectivity index (χ1n) is 5.09. The zero-order valence-corrected chi connectivity index (χ0v) is 8.78. The highest BCUT2D eigenvalue weighted by molar-refractivity contribution is 5.27. The van der Waals surface area contributed by atoms with Crippen molar-refractivity contribution in [3.05, 3.63) is 60.9 Å².